The van der Waals surface area contributed by atoms with E-state index in [0.29, 0.717) is 24.2 Å². The van der Waals surface area contributed by atoms with E-state index >= 15 is 0 Å². The molecule has 1 aromatic heterocycles. The molecule has 0 amide bonds. The Morgan fingerprint density at radius 2 is 2.12 bits per heavy atom. The van der Waals surface area contributed by atoms with E-state index in [0.717, 1.165) is 6.42 Å². The van der Waals surface area contributed by atoms with E-state index in [1.165, 1.54) is 12.3 Å². The Bertz CT molecular complexity index is 658. The molecule has 3 rings (SSSR count). The fourth-order valence-electron chi connectivity index (χ4n) is 3.48. The van der Waals surface area contributed by atoms with E-state index in [1.54, 1.807) is 13.0 Å². The highest BCUT2D eigenvalue weighted by Crippen LogP contribution is 2.40. The molecule has 1 saturated carbocycles. The van der Waals surface area contributed by atoms with E-state index in [-0.39, 0.29) is 36.1 Å². The van der Waals surface area contributed by atoms with E-state index in [2.05, 4.69) is 0 Å². The molecule has 4 unspecified atom stereocenters. The standard InChI is InChI=1S/C18H22O6/c1-3-10-7-11-16(8-13(10)19)23-9-12(17(11)20)14-5-6-15(24-14)18(21)22-4-2/h5-6,9-11,13,16,19H,3-4,7-8H2,1-2H3. The topological polar surface area (TPSA) is 86.0 Å². The van der Waals surface area contributed by atoms with Crippen molar-refractivity contribution in [3.8, 4) is 0 Å². The minimum absolute atomic E-state index is 0.0543. The number of allylic oxidation sites excluding steroid dienone is 1. The number of Topliss-reactive ketones (excluding diaryl/α,β-unsaturated/α-hetero) is 1. The Morgan fingerprint density at radius 3 is 2.83 bits per heavy atom. The number of ketones is 1. The van der Waals surface area contributed by atoms with Gasteiger partial charge < -0.3 is 19.0 Å². The van der Waals surface area contributed by atoms with Crippen LogP contribution in [0.25, 0.3) is 5.57 Å². The minimum atomic E-state index is -0.557. The summed E-state index contributed by atoms with van der Waals surface area (Å²) in [5, 5.41) is 10.1. The van der Waals surface area contributed by atoms with Crippen molar-refractivity contribution in [2.75, 3.05) is 6.61 Å². The average Bonchev–Trinajstić information content (AvgIpc) is 3.05. The van der Waals surface area contributed by atoms with Gasteiger partial charge >= 0.3 is 5.97 Å². The zero-order valence-corrected chi connectivity index (χ0v) is 13.9. The van der Waals surface area contributed by atoms with E-state index in [9.17, 15) is 14.7 Å². The van der Waals surface area contributed by atoms with Crippen LogP contribution in [0.1, 0.15) is 49.4 Å². The maximum absolute atomic E-state index is 12.8. The third kappa shape index (κ3) is 2.98. The Morgan fingerprint density at radius 1 is 1.33 bits per heavy atom. The SMILES string of the molecule is CCOC(=O)c1ccc(C2=COC3CC(O)C(CC)CC3C2=O)o1. The van der Waals surface area contributed by atoms with E-state index in [4.69, 9.17) is 13.9 Å². The first-order valence-electron chi connectivity index (χ1n) is 8.40. The lowest BCUT2D eigenvalue weighted by molar-refractivity contribution is -0.129. The molecule has 0 spiro atoms. The van der Waals surface area contributed by atoms with E-state index in [1.807, 2.05) is 6.92 Å². The van der Waals surface area contributed by atoms with Crippen LogP contribution in [0, 0.1) is 11.8 Å². The van der Waals surface area contributed by atoms with Gasteiger partial charge in [-0.25, -0.2) is 4.79 Å². The number of carbonyl (C=O) groups excluding carboxylic acids is 2. The van der Waals surface area contributed by atoms with Gasteiger partial charge in [-0.1, -0.05) is 13.3 Å². The number of esters is 1. The number of furan rings is 1. The lowest BCUT2D eigenvalue weighted by Gasteiger charge is -2.39. The third-order valence-corrected chi connectivity index (χ3v) is 4.86. The van der Waals surface area contributed by atoms with Crippen LogP contribution in [-0.2, 0) is 14.3 Å². The van der Waals surface area contributed by atoms with Crippen LogP contribution >= 0.6 is 0 Å². The fraction of sp³-hybridized carbons (Fsp3) is 0.556. The summed E-state index contributed by atoms with van der Waals surface area (Å²) in [6.45, 7) is 3.98. The molecule has 4 atom stereocenters. The number of aliphatic hydroxyl groups is 1. The Balaban J connectivity index is 1.80. The van der Waals surface area contributed by atoms with Crippen LogP contribution in [0.5, 0.6) is 0 Å². The minimum Gasteiger partial charge on any atom is -0.496 e. The number of aliphatic hydroxyl groups excluding tert-OH is 1. The van der Waals surface area contributed by atoms with Crippen molar-refractivity contribution in [1.29, 1.82) is 0 Å². The number of rotatable bonds is 4. The van der Waals surface area contributed by atoms with Gasteiger partial charge in [0.2, 0.25) is 5.76 Å². The Labute approximate surface area is 140 Å². The molecule has 0 bridgehead atoms. The number of ether oxygens (including phenoxy) is 2. The first-order valence-corrected chi connectivity index (χ1v) is 8.40. The first kappa shape index (κ1) is 16.8. The van der Waals surface area contributed by atoms with Crippen LogP contribution in [-0.4, -0.2) is 35.7 Å². The molecular formula is C18H22O6. The van der Waals surface area contributed by atoms with Gasteiger partial charge in [0.25, 0.3) is 0 Å². The predicted molar refractivity (Wildman–Crippen MR) is 85.0 cm³/mol. The highest BCUT2D eigenvalue weighted by molar-refractivity contribution is 6.21. The van der Waals surface area contributed by atoms with Gasteiger partial charge in [-0.2, -0.15) is 0 Å². The molecule has 1 fully saturated rings. The number of hydrogen-bond acceptors (Lipinski definition) is 6. The van der Waals surface area contributed by atoms with Crippen LogP contribution in [0.3, 0.4) is 0 Å². The van der Waals surface area contributed by atoms with Gasteiger partial charge in [0.05, 0.1) is 30.5 Å². The lowest BCUT2D eigenvalue weighted by Crippen LogP contribution is -2.44. The van der Waals surface area contributed by atoms with Crippen LogP contribution in [0.2, 0.25) is 0 Å². The molecular weight excluding hydrogens is 312 g/mol. The van der Waals surface area contributed by atoms with Crippen molar-refractivity contribution in [1.82, 2.24) is 0 Å². The summed E-state index contributed by atoms with van der Waals surface area (Å²) < 4.78 is 16.0. The zero-order chi connectivity index (χ0) is 17.3. The molecule has 0 aromatic carbocycles. The Kier molecular flexibility index (Phi) is 4.76. The molecule has 1 aliphatic heterocycles. The normalized spacial score (nSPS) is 29.5. The summed E-state index contributed by atoms with van der Waals surface area (Å²) in [5.41, 5.74) is 0.332. The van der Waals surface area contributed by atoms with Gasteiger partial charge in [-0.15, -0.1) is 0 Å². The highest BCUT2D eigenvalue weighted by Gasteiger charge is 2.44. The van der Waals surface area contributed by atoms with Crippen LogP contribution in [0.15, 0.2) is 22.8 Å². The number of hydrogen-bond donors (Lipinski definition) is 1. The van der Waals surface area contributed by atoms with Crippen LogP contribution in [0.4, 0.5) is 0 Å². The quantitative estimate of drug-likeness (QED) is 0.852. The maximum Gasteiger partial charge on any atom is 0.374 e. The molecule has 130 valence electrons. The summed E-state index contributed by atoms with van der Waals surface area (Å²) in [6, 6.07) is 3.07. The van der Waals surface area contributed by atoms with Gasteiger partial charge in [-0.05, 0) is 31.4 Å². The monoisotopic (exact) mass is 334 g/mol. The summed E-state index contributed by atoms with van der Waals surface area (Å²) in [4.78, 5) is 24.5. The molecule has 24 heavy (non-hydrogen) atoms. The van der Waals surface area contributed by atoms with Crippen molar-refractivity contribution < 1.29 is 28.6 Å². The second-order valence-corrected chi connectivity index (χ2v) is 6.27. The lowest BCUT2D eigenvalue weighted by atomic mass is 9.72. The molecule has 6 nitrogen and oxygen atoms in total. The van der Waals surface area contributed by atoms with Gasteiger partial charge in [0.1, 0.15) is 11.9 Å². The van der Waals surface area contributed by atoms with Gasteiger partial charge in [0, 0.05) is 6.42 Å². The van der Waals surface area contributed by atoms with Crippen molar-refractivity contribution in [2.45, 2.75) is 45.3 Å². The van der Waals surface area contributed by atoms with Crippen LogP contribution < -0.4 is 0 Å². The maximum atomic E-state index is 12.8. The van der Waals surface area contributed by atoms with E-state index < -0.39 is 12.1 Å². The molecule has 2 heterocycles. The summed E-state index contributed by atoms with van der Waals surface area (Å²) in [5.74, 6) is -0.423. The second kappa shape index (κ2) is 6.81. The van der Waals surface area contributed by atoms with Gasteiger partial charge in [-0.3, -0.25) is 4.79 Å². The Hall–Kier alpha value is -2.08. The molecule has 0 radical (unpaired) electrons. The highest BCUT2D eigenvalue weighted by atomic mass is 16.5. The van der Waals surface area contributed by atoms with Crippen molar-refractivity contribution in [2.24, 2.45) is 11.8 Å². The van der Waals surface area contributed by atoms with Crippen molar-refractivity contribution >= 4 is 17.3 Å². The first-order chi connectivity index (χ1) is 11.5. The molecule has 0 saturated heterocycles. The molecule has 6 heteroatoms. The second-order valence-electron chi connectivity index (χ2n) is 6.27. The summed E-state index contributed by atoms with van der Waals surface area (Å²) in [7, 11) is 0. The molecule has 1 aromatic rings. The number of carbonyl (C=O) groups is 2. The summed E-state index contributed by atoms with van der Waals surface area (Å²) >= 11 is 0. The molecule has 1 aliphatic carbocycles. The van der Waals surface area contributed by atoms with Crippen molar-refractivity contribution in [3.63, 3.8) is 0 Å². The summed E-state index contributed by atoms with van der Waals surface area (Å²) in [6.07, 6.45) is 2.55. The van der Waals surface area contributed by atoms with Crippen molar-refractivity contribution in [3.05, 3.63) is 29.9 Å². The smallest absolute Gasteiger partial charge is 0.374 e. The zero-order valence-electron chi connectivity index (χ0n) is 13.9. The fourth-order valence-corrected chi connectivity index (χ4v) is 3.48. The third-order valence-electron chi connectivity index (χ3n) is 4.86. The largest absolute Gasteiger partial charge is 0.496 e. The predicted octanol–water partition coefficient (Wildman–Crippen LogP) is 2.56. The molecule has 2 aliphatic rings. The van der Waals surface area contributed by atoms with Gasteiger partial charge in [0.15, 0.2) is 5.78 Å². The molecule has 1 N–H and O–H groups in total. The number of fused-ring (bicyclic) bond motifs is 1. The average molecular weight is 334 g/mol.